The van der Waals surface area contributed by atoms with E-state index in [9.17, 15) is 4.39 Å². The predicted octanol–water partition coefficient (Wildman–Crippen LogP) is 4.69. The van der Waals surface area contributed by atoms with E-state index in [2.05, 4.69) is 20.2 Å². The van der Waals surface area contributed by atoms with Crippen LogP contribution in [0.3, 0.4) is 0 Å². The lowest BCUT2D eigenvalue weighted by Crippen LogP contribution is -2.37. The van der Waals surface area contributed by atoms with E-state index in [1.165, 1.54) is 0 Å². The molecule has 1 saturated heterocycles. The molecule has 0 radical (unpaired) electrons. The van der Waals surface area contributed by atoms with E-state index in [1.54, 1.807) is 0 Å². The first kappa shape index (κ1) is 21.9. The Bertz CT molecular complexity index is 1100. The van der Waals surface area contributed by atoms with Crippen molar-refractivity contribution in [2.45, 2.75) is 20.4 Å². The first-order valence-electron chi connectivity index (χ1n) is 10.7. The summed E-state index contributed by atoms with van der Waals surface area (Å²) in [6, 6.07) is 9.87. The number of anilines is 1. The molecule has 0 amide bonds. The highest BCUT2D eigenvalue weighted by molar-refractivity contribution is 5.89. The zero-order chi connectivity index (χ0) is 22.3. The van der Waals surface area contributed by atoms with E-state index < -0.39 is 5.82 Å². The second-order valence-corrected chi connectivity index (χ2v) is 7.13. The molecule has 8 nitrogen and oxygen atoms in total. The second-order valence-electron chi connectivity index (χ2n) is 7.13. The van der Waals surface area contributed by atoms with Crippen molar-refractivity contribution in [1.29, 1.82) is 0 Å². The predicted molar refractivity (Wildman–Crippen MR) is 120 cm³/mol. The van der Waals surface area contributed by atoms with Crippen LogP contribution >= 0.6 is 0 Å². The molecule has 0 aliphatic carbocycles. The molecule has 0 atom stereocenters. The lowest BCUT2D eigenvalue weighted by atomic mass is 10.0. The van der Waals surface area contributed by atoms with Gasteiger partial charge in [-0.2, -0.15) is 10.1 Å². The summed E-state index contributed by atoms with van der Waals surface area (Å²) in [7, 11) is 0. The van der Waals surface area contributed by atoms with Gasteiger partial charge in [-0.25, -0.2) is 9.37 Å². The van der Waals surface area contributed by atoms with E-state index in [0.29, 0.717) is 39.5 Å². The van der Waals surface area contributed by atoms with Gasteiger partial charge in [-0.1, -0.05) is 12.1 Å². The lowest BCUT2D eigenvalue weighted by Gasteiger charge is -2.27. The number of aromatic nitrogens is 2. The minimum Gasteiger partial charge on any atom is -0.494 e. The summed E-state index contributed by atoms with van der Waals surface area (Å²) in [5, 5.41) is 10.5. The number of ether oxygens (including phenoxy) is 3. The molecule has 0 spiro atoms. The summed E-state index contributed by atoms with van der Waals surface area (Å²) in [5.41, 5.74) is 0.894. The number of fused-ring (bicyclic) bond motifs is 1. The van der Waals surface area contributed by atoms with Crippen LogP contribution in [0.5, 0.6) is 11.5 Å². The third-order valence-electron chi connectivity index (χ3n) is 5.08. The Hall–Kier alpha value is -3.33. The second kappa shape index (κ2) is 10.3. The third kappa shape index (κ3) is 4.94. The van der Waals surface area contributed by atoms with E-state index >= 15 is 0 Å². The topological polar surface area (TPSA) is 81.4 Å². The number of morpholine rings is 1. The Labute approximate surface area is 186 Å². The maximum atomic E-state index is 14.2. The van der Waals surface area contributed by atoms with Crippen LogP contribution < -0.4 is 14.4 Å². The summed E-state index contributed by atoms with van der Waals surface area (Å²) < 4.78 is 31.1. The molecule has 2 heterocycles. The summed E-state index contributed by atoms with van der Waals surface area (Å²) in [4.78, 5) is 10.1. The minimum atomic E-state index is -0.484. The number of rotatable bonds is 8. The van der Waals surface area contributed by atoms with Gasteiger partial charge >= 0.3 is 0 Å². The van der Waals surface area contributed by atoms with Crippen LogP contribution in [0.4, 0.5) is 16.2 Å². The number of nitrogens with zero attached hydrogens (tertiary/aromatic N) is 5. The molecule has 4 rings (SSSR count). The Morgan fingerprint density at radius 3 is 2.66 bits per heavy atom. The lowest BCUT2D eigenvalue weighted by molar-refractivity contribution is 0.122. The molecule has 9 heteroatoms. The summed E-state index contributed by atoms with van der Waals surface area (Å²) in [6.45, 7) is 7.46. The SMILES string of the molecule is CCOc1ccc2ccc(OCC)c(CN=Nc3ncc(F)c(N4CCOCC4)n3)c2c1. The van der Waals surface area contributed by atoms with Crippen molar-refractivity contribution in [2.24, 2.45) is 10.2 Å². The average Bonchev–Trinajstić information content (AvgIpc) is 2.82. The van der Waals surface area contributed by atoms with Crippen LogP contribution in [0.25, 0.3) is 10.8 Å². The van der Waals surface area contributed by atoms with Crippen molar-refractivity contribution in [3.8, 4) is 11.5 Å². The standard InChI is InChI=1S/C23H26FN5O3/c1-3-31-17-7-5-16-6-8-21(32-4-2)19(18(16)13-17)14-26-28-23-25-15-20(24)22(27-23)29-9-11-30-12-10-29/h5-8,13,15H,3-4,9-12,14H2,1-2H3. The molecular weight excluding hydrogens is 413 g/mol. The molecule has 0 N–H and O–H groups in total. The fourth-order valence-electron chi connectivity index (χ4n) is 3.61. The van der Waals surface area contributed by atoms with Gasteiger partial charge in [0, 0.05) is 18.7 Å². The van der Waals surface area contributed by atoms with Gasteiger partial charge in [0.05, 0.1) is 39.2 Å². The molecule has 0 unspecified atom stereocenters. The first-order chi connectivity index (χ1) is 15.7. The largest absolute Gasteiger partial charge is 0.494 e. The van der Waals surface area contributed by atoms with Gasteiger partial charge in [0.15, 0.2) is 11.6 Å². The van der Waals surface area contributed by atoms with Crippen LogP contribution in [-0.2, 0) is 11.3 Å². The van der Waals surface area contributed by atoms with Crippen molar-refractivity contribution in [3.63, 3.8) is 0 Å². The Balaban J connectivity index is 1.61. The number of azo groups is 1. The molecule has 3 aromatic rings. The number of benzene rings is 2. The normalized spacial score (nSPS) is 14.3. The Morgan fingerprint density at radius 1 is 1.09 bits per heavy atom. The smallest absolute Gasteiger partial charge is 0.270 e. The molecule has 1 aromatic heterocycles. The molecule has 0 saturated carbocycles. The van der Waals surface area contributed by atoms with E-state index in [0.717, 1.165) is 34.0 Å². The number of hydrogen-bond donors (Lipinski definition) is 0. The molecule has 1 aliphatic heterocycles. The zero-order valence-electron chi connectivity index (χ0n) is 18.3. The number of hydrogen-bond acceptors (Lipinski definition) is 8. The maximum absolute atomic E-state index is 14.2. The maximum Gasteiger partial charge on any atom is 0.270 e. The van der Waals surface area contributed by atoms with Crippen LogP contribution in [0.1, 0.15) is 19.4 Å². The van der Waals surface area contributed by atoms with Gasteiger partial charge in [-0.3, -0.25) is 0 Å². The quantitative estimate of drug-likeness (QED) is 0.474. The minimum absolute atomic E-state index is 0.112. The fourth-order valence-corrected chi connectivity index (χ4v) is 3.61. The van der Waals surface area contributed by atoms with Gasteiger partial charge in [0.1, 0.15) is 11.5 Å². The van der Waals surface area contributed by atoms with Gasteiger partial charge < -0.3 is 19.1 Å². The van der Waals surface area contributed by atoms with E-state index in [-0.39, 0.29) is 18.3 Å². The van der Waals surface area contributed by atoms with Crippen LogP contribution in [-0.4, -0.2) is 49.5 Å². The van der Waals surface area contributed by atoms with Crippen molar-refractivity contribution in [3.05, 3.63) is 47.9 Å². The Morgan fingerprint density at radius 2 is 1.88 bits per heavy atom. The van der Waals surface area contributed by atoms with Crippen molar-refractivity contribution >= 4 is 22.5 Å². The van der Waals surface area contributed by atoms with Crippen molar-refractivity contribution in [1.82, 2.24) is 9.97 Å². The highest BCUT2D eigenvalue weighted by Gasteiger charge is 2.18. The third-order valence-corrected chi connectivity index (χ3v) is 5.08. The average molecular weight is 439 g/mol. The van der Waals surface area contributed by atoms with Crippen molar-refractivity contribution < 1.29 is 18.6 Å². The monoisotopic (exact) mass is 439 g/mol. The summed E-state index contributed by atoms with van der Waals surface area (Å²) in [5.74, 6) is 1.37. The van der Waals surface area contributed by atoms with Crippen molar-refractivity contribution in [2.75, 3.05) is 44.4 Å². The molecule has 1 aliphatic rings. The molecule has 32 heavy (non-hydrogen) atoms. The molecule has 168 valence electrons. The van der Waals surface area contributed by atoms with Crippen LogP contribution in [0.2, 0.25) is 0 Å². The van der Waals surface area contributed by atoms with Gasteiger partial charge in [-0.05, 0) is 42.8 Å². The van der Waals surface area contributed by atoms with Gasteiger partial charge in [-0.15, -0.1) is 5.11 Å². The number of halogens is 1. The van der Waals surface area contributed by atoms with Crippen LogP contribution in [0.15, 0.2) is 46.8 Å². The van der Waals surface area contributed by atoms with E-state index in [4.69, 9.17) is 14.2 Å². The molecule has 1 fully saturated rings. The molecule has 0 bridgehead atoms. The summed E-state index contributed by atoms with van der Waals surface area (Å²) >= 11 is 0. The fraction of sp³-hybridized carbons (Fsp3) is 0.391. The Kier molecular flexibility index (Phi) is 7.06. The zero-order valence-corrected chi connectivity index (χ0v) is 18.3. The van der Waals surface area contributed by atoms with Gasteiger partial charge in [0.2, 0.25) is 0 Å². The highest BCUT2D eigenvalue weighted by Crippen LogP contribution is 2.32. The molecular formula is C23H26FN5O3. The van der Waals surface area contributed by atoms with E-state index in [1.807, 2.05) is 49.1 Å². The highest BCUT2D eigenvalue weighted by atomic mass is 19.1. The summed E-state index contributed by atoms with van der Waals surface area (Å²) in [6.07, 6.45) is 1.13. The molecule has 2 aromatic carbocycles. The van der Waals surface area contributed by atoms with Gasteiger partial charge in [0.25, 0.3) is 5.95 Å². The van der Waals surface area contributed by atoms with Crippen LogP contribution in [0, 0.1) is 5.82 Å². The first-order valence-corrected chi connectivity index (χ1v) is 10.7.